The summed E-state index contributed by atoms with van der Waals surface area (Å²) < 4.78 is 17.0. The van der Waals surface area contributed by atoms with Crippen LogP contribution in [0, 0.1) is 0 Å². The molecule has 0 saturated heterocycles. The fourth-order valence-corrected chi connectivity index (χ4v) is 4.01. The van der Waals surface area contributed by atoms with E-state index in [4.69, 9.17) is 13.3 Å². The molecule has 0 aliphatic heterocycles. The van der Waals surface area contributed by atoms with Gasteiger partial charge in [-0.2, -0.15) is 0 Å². The number of hydrogen-bond donors (Lipinski definition) is 0. The summed E-state index contributed by atoms with van der Waals surface area (Å²) in [7, 11) is -2.47. The second-order valence-electron chi connectivity index (χ2n) is 3.09. The molecule has 0 radical (unpaired) electrons. The fourth-order valence-electron chi connectivity index (χ4n) is 1.25. The van der Waals surface area contributed by atoms with Crippen LogP contribution in [0.15, 0.2) is 0 Å². The van der Waals surface area contributed by atoms with E-state index in [1.807, 2.05) is 20.8 Å². The van der Waals surface area contributed by atoms with Crippen molar-refractivity contribution in [3.8, 4) is 0 Å². The zero-order valence-electron chi connectivity index (χ0n) is 10.6. The Balaban J connectivity index is 4.03. The van der Waals surface area contributed by atoms with E-state index < -0.39 is 8.80 Å². The minimum atomic E-state index is -2.47. The summed E-state index contributed by atoms with van der Waals surface area (Å²) >= 11 is 1.27. The zero-order valence-corrected chi connectivity index (χ0v) is 12.4. The minimum absolute atomic E-state index is 0.111. The van der Waals surface area contributed by atoms with Crippen molar-refractivity contribution < 1.29 is 18.1 Å². The Kier molecular flexibility index (Phi) is 9.25. The summed E-state index contributed by atoms with van der Waals surface area (Å²) in [6.45, 7) is 9.13. The molecule has 6 heteroatoms. The summed E-state index contributed by atoms with van der Waals surface area (Å²) in [6, 6.07) is 0.763. The van der Waals surface area contributed by atoms with Crippen LogP contribution in [0.3, 0.4) is 0 Å². The Labute approximate surface area is 103 Å². The van der Waals surface area contributed by atoms with Crippen LogP contribution in [-0.2, 0) is 18.1 Å². The molecular weight excluding hydrogens is 244 g/mol. The Bertz CT molecular complexity index is 195. The smallest absolute Gasteiger partial charge is 0.374 e. The van der Waals surface area contributed by atoms with Crippen LogP contribution < -0.4 is 0 Å². The van der Waals surface area contributed by atoms with Gasteiger partial charge in [0.1, 0.15) is 0 Å². The average Bonchev–Trinajstić information content (AvgIpc) is 2.24. The highest BCUT2D eigenvalue weighted by Crippen LogP contribution is 2.16. The molecule has 4 nitrogen and oxygen atoms in total. The van der Waals surface area contributed by atoms with E-state index in [2.05, 4.69) is 0 Å². The second kappa shape index (κ2) is 9.18. The number of thioether (sulfide) groups is 1. The molecule has 0 spiro atoms. The van der Waals surface area contributed by atoms with Gasteiger partial charge in [0.15, 0.2) is 5.12 Å². The number of carbonyl (C=O) groups is 1. The first kappa shape index (κ1) is 16.1. The van der Waals surface area contributed by atoms with Crippen molar-refractivity contribution in [2.75, 3.05) is 25.6 Å². The standard InChI is InChI=1S/C10H22O4SSi/c1-5-12-16(7-3,13-6-2)14-8-9-15-10(4)11/h5-9H2,1-4H3. The Hall–Kier alpha value is 0.117. The number of hydrogen-bond acceptors (Lipinski definition) is 5. The topological polar surface area (TPSA) is 44.8 Å². The molecule has 0 bridgehead atoms. The molecule has 0 saturated carbocycles. The summed E-state index contributed by atoms with van der Waals surface area (Å²) in [5.41, 5.74) is 0. The van der Waals surface area contributed by atoms with Crippen LogP contribution in [0.4, 0.5) is 0 Å². The van der Waals surface area contributed by atoms with Crippen LogP contribution in [-0.4, -0.2) is 39.5 Å². The summed E-state index contributed by atoms with van der Waals surface area (Å²) in [4.78, 5) is 10.7. The maximum Gasteiger partial charge on any atom is 0.500 e. The van der Waals surface area contributed by atoms with Crippen molar-refractivity contribution in [3.63, 3.8) is 0 Å². The van der Waals surface area contributed by atoms with Gasteiger partial charge in [-0.1, -0.05) is 18.7 Å². The second-order valence-corrected chi connectivity index (χ2v) is 7.30. The quantitative estimate of drug-likeness (QED) is 0.473. The maximum atomic E-state index is 10.7. The predicted molar refractivity (Wildman–Crippen MR) is 68.6 cm³/mol. The lowest BCUT2D eigenvalue weighted by Crippen LogP contribution is -2.45. The molecule has 0 rings (SSSR count). The minimum Gasteiger partial charge on any atom is -0.374 e. The van der Waals surface area contributed by atoms with Crippen LogP contribution in [0.1, 0.15) is 27.7 Å². The zero-order chi connectivity index (χ0) is 12.4. The lowest BCUT2D eigenvalue weighted by atomic mass is 10.9. The van der Waals surface area contributed by atoms with E-state index in [0.29, 0.717) is 25.6 Å². The van der Waals surface area contributed by atoms with Crippen LogP contribution in [0.5, 0.6) is 0 Å². The molecule has 0 aromatic heterocycles. The summed E-state index contributed by atoms with van der Waals surface area (Å²) in [5, 5.41) is 0.111. The van der Waals surface area contributed by atoms with E-state index in [1.54, 1.807) is 6.92 Å². The van der Waals surface area contributed by atoms with Gasteiger partial charge in [-0.05, 0) is 13.8 Å². The highest BCUT2D eigenvalue weighted by Gasteiger charge is 2.38. The lowest BCUT2D eigenvalue weighted by molar-refractivity contribution is -0.109. The van der Waals surface area contributed by atoms with Gasteiger partial charge in [-0.15, -0.1) is 0 Å². The predicted octanol–water partition coefficient (Wildman–Crippen LogP) is 2.31. The molecule has 0 N–H and O–H groups in total. The van der Waals surface area contributed by atoms with Gasteiger partial charge >= 0.3 is 8.80 Å². The Morgan fingerprint density at radius 3 is 2.06 bits per heavy atom. The molecule has 0 aliphatic carbocycles. The molecule has 0 fully saturated rings. The first-order chi connectivity index (χ1) is 7.60. The van der Waals surface area contributed by atoms with Crippen molar-refractivity contribution in [3.05, 3.63) is 0 Å². The van der Waals surface area contributed by atoms with Gasteiger partial charge in [-0.3, -0.25) is 4.79 Å². The maximum absolute atomic E-state index is 10.7. The highest BCUT2D eigenvalue weighted by atomic mass is 32.2. The molecule has 0 atom stereocenters. The molecule has 0 aromatic rings. The van der Waals surface area contributed by atoms with Gasteiger partial charge in [0.25, 0.3) is 0 Å². The molecular formula is C10H22O4SSi. The van der Waals surface area contributed by atoms with Gasteiger partial charge in [0.2, 0.25) is 0 Å². The van der Waals surface area contributed by atoms with E-state index >= 15 is 0 Å². The molecule has 0 aromatic carbocycles. The van der Waals surface area contributed by atoms with Crippen LogP contribution in [0.2, 0.25) is 6.04 Å². The number of carbonyl (C=O) groups excluding carboxylic acids is 1. The van der Waals surface area contributed by atoms with Crippen LogP contribution in [0.25, 0.3) is 0 Å². The highest BCUT2D eigenvalue weighted by molar-refractivity contribution is 8.13. The third-order valence-electron chi connectivity index (χ3n) is 1.87. The first-order valence-corrected chi connectivity index (χ1v) is 8.57. The normalized spacial score (nSPS) is 11.8. The van der Waals surface area contributed by atoms with E-state index in [0.717, 1.165) is 6.04 Å². The fraction of sp³-hybridized carbons (Fsp3) is 0.900. The molecule has 0 heterocycles. The third-order valence-corrected chi connectivity index (χ3v) is 5.62. The monoisotopic (exact) mass is 266 g/mol. The van der Waals surface area contributed by atoms with Crippen molar-refractivity contribution in [1.29, 1.82) is 0 Å². The van der Waals surface area contributed by atoms with E-state index in [9.17, 15) is 4.79 Å². The molecule has 0 amide bonds. The van der Waals surface area contributed by atoms with Gasteiger partial charge < -0.3 is 13.3 Å². The average molecular weight is 266 g/mol. The molecule has 96 valence electrons. The van der Waals surface area contributed by atoms with Gasteiger partial charge in [0, 0.05) is 38.5 Å². The molecule has 0 unspecified atom stereocenters. The number of rotatable bonds is 9. The van der Waals surface area contributed by atoms with Crippen molar-refractivity contribution in [2.24, 2.45) is 0 Å². The van der Waals surface area contributed by atoms with Crippen molar-refractivity contribution in [1.82, 2.24) is 0 Å². The summed E-state index contributed by atoms with van der Waals surface area (Å²) in [6.07, 6.45) is 0. The molecule has 0 aliphatic rings. The summed E-state index contributed by atoms with van der Waals surface area (Å²) in [5.74, 6) is 0.657. The third kappa shape index (κ3) is 6.65. The lowest BCUT2D eigenvalue weighted by Gasteiger charge is -2.27. The van der Waals surface area contributed by atoms with Gasteiger partial charge in [0.05, 0.1) is 0 Å². The largest absolute Gasteiger partial charge is 0.500 e. The van der Waals surface area contributed by atoms with Gasteiger partial charge in [-0.25, -0.2) is 0 Å². The van der Waals surface area contributed by atoms with E-state index in [1.165, 1.54) is 11.8 Å². The van der Waals surface area contributed by atoms with E-state index in [-0.39, 0.29) is 5.12 Å². The molecule has 16 heavy (non-hydrogen) atoms. The van der Waals surface area contributed by atoms with Crippen molar-refractivity contribution >= 4 is 25.7 Å². The van der Waals surface area contributed by atoms with Crippen LogP contribution >= 0.6 is 11.8 Å². The van der Waals surface area contributed by atoms with Crippen molar-refractivity contribution in [2.45, 2.75) is 33.7 Å². The SMILES string of the molecule is CCO[Si](CC)(OCC)OCCSC(C)=O. The Morgan fingerprint density at radius 1 is 1.12 bits per heavy atom. The first-order valence-electron chi connectivity index (χ1n) is 5.65. The Morgan fingerprint density at radius 2 is 1.69 bits per heavy atom.